The molecule has 0 bridgehead atoms. The van der Waals surface area contributed by atoms with Gasteiger partial charge in [-0.1, -0.05) is 18.2 Å². The monoisotopic (exact) mass is 522 g/mol. The first-order valence-corrected chi connectivity index (χ1v) is 11.1. The molecule has 0 amide bonds. The number of nitrogens with zero attached hydrogens (tertiary/aromatic N) is 3. The number of benzene rings is 1. The highest BCUT2D eigenvalue weighted by molar-refractivity contribution is 14.0. The number of para-hydroxylation sites is 1. The van der Waals surface area contributed by atoms with Gasteiger partial charge < -0.3 is 19.9 Å². The molecule has 1 N–H and O–H groups in total. The molecule has 7 nitrogen and oxygen atoms in total. The van der Waals surface area contributed by atoms with Crippen molar-refractivity contribution in [3.8, 4) is 0 Å². The van der Waals surface area contributed by atoms with Crippen molar-refractivity contribution >= 4 is 45.5 Å². The first-order chi connectivity index (χ1) is 12.8. The van der Waals surface area contributed by atoms with Gasteiger partial charge in [-0.15, -0.1) is 24.0 Å². The third kappa shape index (κ3) is 5.10. The summed E-state index contributed by atoms with van der Waals surface area (Å²) in [4.78, 5) is 8.77. The Labute approximate surface area is 185 Å². The molecule has 2 heterocycles. The molecule has 0 unspecified atom stereocenters. The van der Waals surface area contributed by atoms with E-state index in [4.69, 9.17) is 4.74 Å². The number of morpholine rings is 1. The van der Waals surface area contributed by atoms with Crippen molar-refractivity contribution in [2.24, 2.45) is 4.99 Å². The minimum Gasteiger partial charge on any atom is -0.378 e. The van der Waals surface area contributed by atoms with E-state index in [1.807, 2.05) is 11.0 Å². The molecule has 28 heavy (non-hydrogen) atoms. The molecule has 0 saturated carbocycles. The van der Waals surface area contributed by atoms with Crippen LogP contribution in [0.4, 0.5) is 5.69 Å². The van der Waals surface area contributed by atoms with Gasteiger partial charge in [0, 0.05) is 45.5 Å². The Kier molecular flexibility index (Phi) is 7.97. The van der Waals surface area contributed by atoms with E-state index in [1.165, 1.54) is 11.3 Å². The second kappa shape index (κ2) is 9.62. The highest BCUT2D eigenvalue weighted by Crippen LogP contribution is 2.24. The van der Waals surface area contributed by atoms with Crippen molar-refractivity contribution in [1.29, 1.82) is 0 Å². The van der Waals surface area contributed by atoms with E-state index < -0.39 is 14.6 Å². The van der Waals surface area contributed by atoms with E-state index in [9.17, 15) is 8.42 Å². The summed E-state index contributed by atoms with van der Waals surface area (Å²) < 4.78 is 29.2. The molecule has 0 atom stereocenters. The van der Waals surface area contributed by atoms with E-state index >= 15 is 0 Å². The molecular weight excluding hydrogens is 491 g/mol. The quantitative estimate of drug-likeness (QED) is 0.371. The van der Waals surface area contributed by atoms with Crippen LogP contribution in [0.3, 0.4) is 0 Å². The number of sulfone groups is 1. The summed E-state index contributed by atoms with van der Waals surface area (Å²) in [7, 11) is -1.32. The predicted octanol–water partition coefficient (Wildman–Crippen LogP) is 1.73. The zero-order valence-corrected chi connectivity index (χ0v) is 20.0. The Morgan fingerprint density at radius 1 is 1.21 bits per heavy atom. The summed E-state index contributed by atoms with van der Waals surface area (Å²) in [5.41, 5.74) is 2.41. The zero-order valence-electron chi connectivity index (χ0n) is 16.8. The van der Waals surface area contributed by atoms with Gasteiger partial charge >= 0.3 is 0 Å². The fraction of sp³-hybridized carbons (Fsp3) is 0.632. The minimum absolute atomic E-state index is 0. The van der Waals surface area contributed by atoms with Crippen molar-refractivity contribution < 1.29 is 13.2 Å². The van der Waals surface area contributed by atoms with Gasteiger partial charge in [-0.05, 0) is 25.5 Å². The average Bonchev–Trinajstić information content (AvgIpc) is 2.66. The van der Waals surface area contributed by atoms with Crippen molar-refractivity contribution in [2.45, 2.75) is 25.1 Å². The van der Waals surface area contributed by atoms with Gasteiger partial charge in [0.25, 0.3) is 0 Å². The Morgan fingerprint density at radius 3 is 2.54 bits per heavy atom. The topological polar surface area (TPSA) is 74.2 Å². The number of guanidine groups is 1. The summed E-state index contributed by atoms with van der Waals surface area (Å²) in [6.07, 6.45) is 0. The molecule has 9 heteroatoms. The lowest BCUT2D eigenvalue weighted by molar-refractivity contribution is 0.122. The molecule has 2 aliphatic heterocycles. The van der Waals surface area contributed by atoms with Gasteiger partial charge in [0.15, 0.2) is 15.8 Å². The van der Waals surface area contributed by atoms with Crippen LogP contribution in [0, 0.1) is 0 Å². The lowest BCUT2D eigenvalue weighted by Gasteiger charge is -2.39. The Balaban J connectivity index is 0.00000280. The lowest BCUT2D eigenvalue weighted by Crippen LogP contribution is -2.57. The first-order valence-electron chi connectivity index (χ1n) is 9.42. The number of anilines is 1. The van der Waals surface area contributed by atoms with Gasteiger partial charge in [-0.3, -0.25) is 4.99 Å². The Bertz CT molecular complexity index is 792. The molecule has 0 aliphatic carbocycles. The summed E-state index contributed by atoms with van der Waals surface area (Å²) in [6.45, 7) is 8.42. The predicted molar refractivity (Wildman–Crippen MR) is 125 cm³/mol. The molecule has 0 spiro atoms. The molecule has 3 rings (SSSR count). The molecule has 0 aromatic heterocycles. The van der Waals surface area contributed by atoms with Crippen LogP contribution in [0.2, 0.25) is 0 Å². The maximum absolute atomic E-state index is 12.3. The van der Waals surface area contributed by atoms with Gasteiger partial charge in [-0.2, -0.15) is 0 Å². The van der Waals surface area contributed by atoms with Crippen molar-refractivity contribution in [3.63, 3.8) is 0 Å². The van der Waals surface area contributed by atoms with E-state index in [-0.39, 0.29) is 29.7 Å². The van der Waals surface area contributed by atoms with Crippen LogP contribution in [0.15, 0.2) is 29.3 Å². The summed E-state index contributed by atoms with van der Waals surface area (Å²) >= 11 is 0. The van der Waals surface area contributed by atoms with Crippen LogP contribution in [-0.4, -0.2) is 76.2 Å². The van der Waals surface area contributed by atoms with E-state index in [0.717, 1.165) is 32.3 Å². The lowest BCUT2D eigenvalue weighted by atomic mass is 10.1. The summed E-state index contributed by atoms with van der Waals surface area (Å²) in [6, 6.07) is 8.36. The molecule has 1 aromatic rings. The van der Waals surface area contributed by atoms with E-state index in [2.05, 4.69) is 33.4 Å². The fourth-order valence-electron chi connectivity index (χ4n) is 3.60. The number of hydrogen-bond donors (Lipinski definition) is 1. The zero-order chi connectivity index (χ0) is 19.5. The minimum atomic E-state index is -3.07. The number of aliphatic imine (C=N–C) groups is 1. The SMILES string of the molecule is CN=C(NCc1ccccc1N1CCOCC1)N1CCS(=O)(=O)C(C)(C)C1.I. The second-order valence-electron chi connectivity index (χ2n) is 7.63. The van der Waals surface area contributed by atoms with Crippen LogP contribution < -0.4 is 10.2 Å². The van der Waals surface area contributed by atoms with Crippen molar-refractivity contribution in [2.75, 3.05) is 57.1 Å². The smallest absolute Gasteiger partial charge is 0.193 e. The van der Waals surface area contributed by atoms with Gasteiger partial charge in [0.2, 0.25) is 0 Å². The van der Waals surface area contributed by atoms with Gasteiger partial charge in [0.1, 0.15) is 0 Å². The number of rotatable bonds is 3. The summed E-state index contributed by atoms with van der Waals surface area (Å²) in [5.74, 6) is 0.903. The number of hydrogen-bond acceptors (Lipinski definition) is 5. The standard InChI is InChI=1S/C19H30N4O3S.HI/c1-19(2)15-23(10-13-27(19,24)25)18(20-3)21-14-16-6-4-5-7-17(16)22-8-11-26-12-9-22;/h4-7H,8-15H2,1-3H3,(H,20,21);1H. The average molecular weight is 522 g/mol. The van der Waals surface area contributed by atoms with Crippen molar-refractivity contribution in [1.82, 2.24) is 10.2 Å². The van der Waals surface area contributed by atoms with Crippen LogP contribution in [-0.2, 0) is 21.1 Å². The van der Waals surface area contributed by atoms with Crippen LogP contribution >= 0.6 is 24.0 Å². The highest BCUT2D eigenvalue weighted by Gasteiger charge is 2.40. The molecular formula is C19H31IN4O3S. The van der Waals surface area contributed by atoms with Crippen molar-refractivity contribution in [3.05, 3.63) is 29.8 Å². The Morgan fingerprint density at radius 2 is 1.89 bits per heavy atom. The molecule has 2 aliphatic rings. The van der Waals surface area contributed by atoms with Crippen LogP contribution in [0.1, 0.15) is 19.4 Å². The highest BCUT2D eigenvalue weighted by atomic mass is 127. The molecule has 158 valence electrons. The third-order valence-corrected chi connectivity index (χ3v) is 7.87. The van der Waals surface area contributed by atoms with Crippen LogP contribution in [0.5, 0.6) is 0 Å². The third-order valence-electron chi connectivity index (χ3n) is 5.34. The molecule has 2 saturated heterocycles. The summed E-state index contributed by atoms with van der Waals surface area (Å²) in [5, 5.41) is 3.42. The molecule has 1 aromatic carbocycles. The Hall–Kier alpha value is -1.07. The van der Waals surface area contributed by atoms with E-state index in [1.54, 1.807) is 20.9 Å². The first kappa shape index (κ1) is 23.2. The fourth-order valence-corrected chi connectivity index (χ4v) is 4.97. The van der Waals surface area contributed by atoms with Gasteiger partial charge in [-0.25, -0.2) is 8.42 Å². The largest absolute Gasteiger partial charge is 0.378 e. The molecule has 0 radical (unpaired) electrons. The normalized spacial score (nSPS) is 21.8. The second-order valence-corrected chi connectivity index (χ2v) is 10.4. The van der Waals surface area contributed by atoms with E-state index in [0.29, 0.717) is 19.6 Å². The number of ether oxygens (including phenoxy) is 1. The van der Waals surface area contributed by atoms with Gasteiger partial charge in [0.05, 0.1) is 23.7 Å². The van der Waals surface area contributed by atoms with Crippen LogP contribution in [0.25, 0.3) is 0 Å². The number of halogens is 1. The maximum Gasteiger partial charge on any atom is 0.193 e. The number of nitrogens with one attached hydrogen (secondary N) is 1. The maximum atomic E-state index is 12.3. The molecule has 2 fully saturated rings.